The number of amides is 2. The number of hydrogen-bond donors (Lipinski definition) is 4. The predicted octanol–water partition coefficient (Wildman–Crippen LogP) is 2.52. The van der Waals surface area contributed by atoms with Crippen LogP contribution >= 0.6 is 0 Å². The van der Waals surface area contributed by atoms with E-state index in [1.54, 1.807) is 6.07 Å². The number of hydrogen-bond acceptors (Lipinski definition) is 3. The standard InChI is InChI=1S/C22H27F3N4O2/c23-22(24,25)17-3-1-2-15-16-10-14(4-5-18(16)29-20(15)17)21(31)28-12-19(30)27-11-13-6-8-26-9-7-13/h1-3,13-14,26,29H,4-12H2,(H,27,30)(H,28,31). The lowest BCUT2D eigenvalue weighted by atomic mass is 9.85. The van der Waals surface area contributed by atoms with Gasteiger partial charge in [0.2, 0.25) is 11.8 Å². The molecule has 1 aromatic carbocycles. The summed E-state index contributed by atoms with van der Waals surface area (Å²) in [6.07, 6.45) is -0.995. The SMILES string of the molecule is O=C(CNC(=O)C1CCc2[nH]c3c(C(F)(F)F)cccc3c2C1)NCC1CCNCC1. The number of aromatic nitrogens is 1. The van der Waals surface area contributed by atoms with E-state index in [1.165, 1.54) is 6.07 Å². The second kappa shape index (κ2) is 8.90. The van der Waals surface area contributed by atoms with Crippen LogP contribution in [0.25, 0.3) is 10.9 Å². The zero-order valence-corrected chi connectivity index (χ0v) is 17.2. The van der Waals surface area contributed by atoms with Gasteiger partial charge < -0.3 is 20.9 Å². The summed E-state index contributed by atoms with van der Waals surface area (Å²) in [5.74, 6) is -0.353. The Morgan fingerprint density at radius 3 is 2.61 bits per heavy atom. The Labute approximate surface area is 178 Å². The summed E-state index contributed by atoms with van der Waals surface area (Å²) in [5.41, 5.74) is 0.919. The second-order valence-electron chi connectivity index (χ2n) is 8.46. The van der Waals surface area contributed by atoms with E-state index in [9.17, 15) is 22.8 Å². The molecule has 0 bridgehead atoms. The first-order valence-electron chi connectivity index (χ1n) is 10.8. The van der Waals surface area contributed by atoms with Crippen LogP contribution in [0.5, 0.6) is 0 Å². The van der Waals surface area contributed by atoms with Crippen molar-refractivity contribution in [3.8, 4) is 0 Å². The van der Waals surface area contributed by atoms with Gasteiger partial charge in [-0.25, -0.2) is 0 Å². The molecule has 31 heavy (non-hydrogen) atoms. The molecule has 1 aliphatic heterocycles. The Morgan fingerprint density at radius 2 is 1.87 bits per heavy atom. The summed E-state index contributed by atoms with van der Waals surface area (Å²) in [4.78, 5) is 27.6. The minimum Gasteiger partial charge on any atom is -0.358 e. The molecule has 4 rings (SSSR count). The molecule has 6 nitrogen and oxygen atoms in total. The highest BCUT2D eigenvalue weighted by Crippen LogP contribution is 2.38. The van der Waals surface area contributed by atoms with Crippen molar-refractivity contribution in [2.75, 3.05) is 26.2 Å². The fraction of sp³-hybridized carbons (Fsp3) is 0.545. The molecule has 2 aliphatic rings. The minimum absolute atomic E-state index is 0.0818. The molecule has 9 heteroatoms. The van der Waals surface area contributed by atoms with Crippen molar-refractivity contribution in [1.82, 2.24) is 20.9 Å². The van der Waals surface area contributed by atoms with E-state index in [0.29, 0.717) is 37.1 Å². The van der Waals surface area contributed by atoms with E-state index in [-0.39, 0.29) is 29.8 Å². The Balaban J connectivity index is 1.35. The highest BCUT2D eigenvalue weighted by Gasteiger charge is 2.35. The number of aromatic amines is 1. The zero-order chi connectivity index (χ0) is 22.0. The molecule has 1 atom stereocenters. The summed E-state index contributed by atoms with van der Waals surface area (Å²) in [6, 6.07) is 4.13. The first-order chi connectivity index (χ1) is 14.8. The molecule has 2 aromatic rings. The monoisotopic (exact) mass is 436 g/mol. The van der Waals surface area contributed by atoms with Gasteiger partial charge in [-0.2, -0.15) is 13.2 Å². The Morgan fingerprint density at radius 1 is 1.10 bits per heavy atom. The van der Waals surface area contributed by atoms with Gasteiger partial charge in [-0.05, 0) is 62.7 Å². The van der Waals surface area contributed by atoms with Crippen molar-refractivity contribution in [2.24, 2.45) is 11.8 Å². The van der Waals surface area contributed by atoms with Crippen molar-refractivity contribution < 1.29 is 22.8 Å². The van der Waals surface area contributed by atoms with E-state index in [2.05, 4.69) is 20.9 Å². The number of carbonyl (C=O) groups excluding carboxylic acids is 2. The third-order valence-corrected chi connectivity index (χ3v) is 6.37. The summed E-state index contributed by atoms with van der Waals surface area (Å²) in [7, 11) is 0. The Hall–Kier alpha value is -2.55. The third-order valence-electron chi connectivity index (χ3n) is 6.37. The highest BCUT2D eigenvalue weighted by molar-refractivity contribution is 5.90. The summed E-state index contributed by atoms with van der Waals surface area (Å²) in [6.45, 7) is 2.44. The van der Waals surface area contributed by atoms with Crippen LogP contribution in [0.4, 0.5) is 13.2 Å². The number of halogens is 3. The number of rotatable bonds is 5. The van der Waals surface area contributed by atoms with Gasteiger partial charge in [0.05, 0.1) is 17.6 Å². The Kier molecular flexibility index (Phi) is 6.22. The first-order valence-corrected chi connectivity index (χ1v) is 10.8. The lowest BCUT2D eigenvalue weighted by Crippen LogP contribution is -2.43. The fourth-order valence-electron chi connectivity index (χ4n) is 4.62. The van der Waals surface area contributed by atoms with Gasteiger partial charge in [-0.3, -0.25) is 9.59 Å². The molecule has 0 saturated carbocycles. The van der Waals surface area contributed by atoms with E-state index in [1.807, 2.05) is 0 Å². The molecule has 1 aromatic heterocycles. The number of piperidine rings is 1. The van der Waals surface area contributed by atoms with Crippen molar-refractivity contribution in [1.29, 1.82) is 0 Å². The summed E-state index contributed by atoms with van der Waals surface area (Å²) < 4.78 is 40.0. The summed E-state index contributed by atoms with van der Waals surface area (Å²) >= 11 is 0. The number of alkyl halides is 3. The van der Waals surface area contributed by atoms with Gasteiger partial charge in [0.15, 0.2) is 0 Å². The normalized spacial score (nSPS) is 19.8. The summed E-state index contributed by atoms with van der Waals surface area (Å²) in [5, 5.41) is 9.36. The second-order valence-corrected chi connectivity index (χ2v) is 8.46. The maximum Gasteiger partial charge on any atom is 0.418 e. The number of benzene rings is 1. The quantitative estimate of drug-likeness (QED) is 0.581. The molecule has 1 aliphatic carbocycles. The molecule has 0 spiro atoms. The highest BCUT2D eigenvalue weighted by atomic mass is 19.4. The van der Waals surface area contributed by atoms with Crippen molar-refractivity contribution in [2.45, 2.75) is 38.3 Å². The molecule has 168 valence electrons. The minimum atomic E-state index is -4.44. The van der Waals surface area contributed by atoms with Gasteiger partial charge in [-0.1, -0.05) is 12.1 Å². The molecular formula is C22H27F3N4O2. The van der Waals surface area contributed by atoms with E-state index < -0.39 is 11.7 Å². The number of aryl methyl sites for hydroxylation is 1. The van der Waals surface area contributed by atoms with Gasteiger partial charge in [-0.15, -0.1) is 0 Å². The Bertz CT molecular complexity index is 964. The van der Waals surface area contributed by atoms with Crippen LogP contribution in [0, 0.1) is 11.8 Å². The van der Waals surface area contributed by atoms with E-state index in [4.69, 9.17) is 0 Å². The topological polar surface area (TPSA) is 86.0 Å². The van der Waals surface area contributed by atoms with Crippen LogP contribution in [0.2, 0.25) is 0 Å². The molecule has 2 amide bonds. The molecule has 4 N–H and O–H groups in total. The van der Waals surface area contributed by atoms with Gasteiger partial charge in [0, 0.05) is 23.5 Å². The van der Waals surface area contributed by atoms with Crippen LogP contribution in [-0.4, -0.2) is 43.0 Å². The zero-order valence-electron chi connectivity index (χ0n) is 17.2. The maximum absolute atomic E-state index is 13.3. The average molecular weight is 436 g/mol. The maximum atomic E-state index is 13.3. The fourth-order valence-corrected chi connectivity index (χ4v) is 4.62. The van der Waals surface area contributed by atoms with E-state index >= 15 is 0 Å². The number of H-pyrrole nitrogens is 1. The molecule has 0 radical (unpaired) electrons. The molecule has 1 unspecified atom stereocenters. The lowest BCUT2D eigenvalue weighted by molar-refractivity contribution is -0.136. The smallest absolute Gasteiger partial charge is 0.358 e. The van der Waals surface area contributed by atoms with E-state index in [0.717, 1.165) is 43.3 Å². The average Bonchev–Trinajstić information content (AvgIpc) is 3.14. The molecular weight excluding hydrogens is 409 g/mol. The lowest BCUT2D eigenvalue weighted by Gasteiger charge is -2.23. The van der Waals surface area contributed by atoms with Crippen LogP contribution < -0.4 is 16.0 Å². The third kappa shape index (κ3) is 4.87. The van der Waals surface area contributed by atoms with Gasteiger partial charge >= 0.3 is 6.18 Å². The molecule has 1 fully saturated rings. The van der Waals surface area contributed by atoms with Gasteiger partial charge in [0.25, 0.3) is 0 Å². The van der Waals surface area contributed by atoms with Crippen molar-refractivity contribution in [3.63, 3.8) is 0 Å². The van der Waals surface area contributed by atoms with Crippen molar-refractivity contribution in [3.05, 3.63) is 35.0 Å². The first kappa shape index (κ1) is 21.7. The number of carbonyl (C=O) groups is 2. The van der Waals surface area contributed by atoms with Crippen molar-refractivity contribution >= 4 is 22.7 Å². The van der Waals surface area contributed by atoms with Crippen LogP contribution in [0.1, 0.15) is 36.1 Å². The number of nitrogens with one attached hydrogen (secondary N) is 4. The largest absolute Gasteiger partial charge is 0.418 e. The van der Waals surface area contributed by atoms with Crippen LogP contribution in [-0.2, 0) is 28.6 Å². The molecule has 1 saturated heterocycles. The van der Waals surface area contributed by atoms with Gasteiger partial charge in [0.1, 0.15) is 0 Å². The van der Waals surface area contributed by atoms with Crippen LogP contribution in [0.15, 0.2) is 18.2 Å². The predicted molar refractivity (Wildman–Crippen MR) is 110 cm³/mol. The number of para-hydroxylation sites is 1. The van der Waals surface area contributed by atoms with Crippen LogP contribution in [0.3, 0.4) is 0 Å². The molecule has 2 heterocycles. The number of fused-ring (bicyclic) bond motifs is 3.